The smallest absolute Gasteiger partial charge is 0.125 e. The van der Waals surface area contributed by atoms with Crippen LogP contribution in [-0.4, -0.2) is 7.11 Å². The Kier molecular flexibility index (Phi) is 4.97. The number of ether oxygens (including phenoxy) is 1. The molecule has 0 saturated carbocycles. The maximum Gasteiger partial charge on any atom is 0.125 e. The molecule has 0 saturated heterocycles. The summed E-state index contributed by atoms with van der Waals surface area (Å²) in [4.78, 5) is 1.20. The van der Waals surface area contributed by atoms with E-state index in [1.54, 1.807) is 18.4 Å². The van der Waals surface area contributed by atoms with Gasteiger partial charge in [-0.2, -0.15) is 5.26 Å². The lowest BCUT2D eigenvalue weighted by molar-refractivity contribution is 0.405. The highest BCUT2D eigenvalue weighted by Crippen LogP contribution is 2.28. The summed E-state index contributed by atoms with van der Waals surface area (Å²) < 4.78 is 6.24. The van der Waals surface area contributed by atoms with Gasteiger partial charge >= 0.3 is 0 Å². The van der Waals surface area contributed by atoms with Crippen molar-refractivity contribution < 1.29 is 4.74 Å². The van der Waals surface area contributed by atoms with Crippen LogP contribution in [0.3, 0.4) is 0 Å². The van der Waals surface area contributed by atoms with Crippen molar-refractivity contribution in [3.05, 3.63) is 50.6 Å². The van der Waals surface area contributed by atoms with Crippen LogP contribution in [0.2, 0.25) is 0 Å². The zero-order chi connectivity index (χ0) is 13.7. The standard InChI is InChI=1S/C14H13BrN2OS/c1-18-14-5-4-10(15)7-12(14)13(8-16)17-9-11-3-2-6-19-11/h2-7,13,17H,9H2,1H3. The Morgan fingerprint density at radius 2 is 2.32 bits per heavy atom. The summed E-state index contributed by atoms with van der Waals surface area (Å²) in [7, 11) is 1.61. The van der Waals surface area contributed by atoms with Crippen LogP contribution in [0.25, 0.3) is 0 Å². The molecule has 0 aliphatic carbocycles. The van der Waals surface area contributed by atoms with Crippen molar-refractivity contribution in [3.8, 4) is 11.8 Å². The Morgan fingerprint density at radius 3 is 2.95 bits per heavy atom. The molecule has 1 unspecified atom stereocenters. The molecule has 1 heterocycles. The molecule has 1 N–H and O–H groups in total. The van der Waals surface area contributed by atoms with Gasteiger partial charge in [0.25, 0.3) is 0 Å². The lowest BCUT2D eigenvalue weighted by atomic mass is 10.1. The van der Waals surface area contributed by atoms with E-state index in [9.17, 15) is 5.26 Å². The molecule has 2 aromatic rings. The Morgan fingerprint density at radius 1 is 1.47 bits per heavy atom. The van der Waals surface area contributed by atoms with Gasteiger partial charge in [-0.1, -0.05) is 22.0 Å². The molecule has 0 amide bonds. The van der Waals surface area contributed by atoms with E-state index >= 15 is 0 Å². The lowest BCUT2D eigenvalue weighted by Gasteiger charge is -2.15. The zero-order valence-electron chi connectivity index (χ0n) is 10.4. The molecule has 0 spiro atoms. The lowest BCUT2D eigenvalue weighted by Crippen LogP contribution is -2.19. The van der Waals surface area contributed by atoms with Crippen LogP contribution in [0, 0.1) is 11.3 Å². The van der Waals surface area contributed by atoms with Gasteiger partial charge in [0.2, 0.25) is 0 Å². The first-order chi connectivity index (χ1) is 9.24. The van der Waals surface area contributed by atoms with Gasteiger partial charge in [0.1, 0.15) is 11.8 Å². The molecular weight excluding hydrogens is 324 g/mol. The SMILES string of the molecule is COc1ccc(Br)cc1C(C#N)NCc1cccs1. The fraction of sp³-hybridized carbons (Fsp3) is 0.214. The van der Waals surface area contributed by atoms with Crippen molar-refractivity contribution in [1.82, 2.24) is 5.32 Å². The van der Waals surface area contributed by atoms with Crippen LogP contribution < -0.4 is 10.1 Å². The molecule has 0 bridgehead atoms. The summed E-state index contributed by atoms with van der Waals surface area (Å²) in [5, 5.41) is 14.6. The van der Waals surface area contributed by atoms with Crippen molar-refractivity contribution in [3.63, 3.8) is 0 Å². The van der Waals surface area contributed by atoms with E-state index < -0.39 is 6.04 Å². The summed E-state index contributed by atoms with van der Waals surface area (Å²) in [5.74, 6) is 0.716. The quantitative estimate of drug-likeness (QED) is 0.901. The van der Waals surface area contributed by atoms with Crippen LogP contribution >= 0.6 is 27.3 Å². The van der Waals surface area contributed by atoms with Gasteiger partial charge in [-0.25, -0.2) is 0 Å². The van der Waals surface area contributed by atoms with Crippen LogP contribution in [0.15, 0.2) is 40.2 Å². The number of nitrogens with one attached hydrogen (secondary N) is 1. The second-order valence-electron chi connectivity index (χ2n) is 3.91. The number of halogens is 1. The number of hydrogen-bond acceptors (Lipinski definition) is 4. The third kappa shape index (κ3) is 3.57. The number of nitriles is 1. The van der Waals surface area contributed by atoms with Crippen LogP contribution in [0.5, 0.6) is 5.75 Å². The highest BCUT2D eigenvalue weighted by Gasteiger charge is 2.15. The maximum atomic E-state index is 9.34. The first-order valence-corrected chi connectivity index (χ1v) is 7.40. The highest BCUT2D eigenvalue weighted by atomic mass is 79.9. The van der Waals surface area contributed by atoms with Crippen molar-refractivity contribution in [2.75, 3.05) is 7.11 Å². The van der Waals surface area contributed by atoms with E-state index in [4.69, 9.17) is 4.74 Å². The minimum Gasteiger partial charge on any atom is -0.496 e. The van der Waals surface area contributed by atoms with Crippen LogP contribution in [0.4, 0.5) is 0 Å². The molecule has 0 aliphatic heterocycles. The summed E-state index contributed by atoms with van der Waals surface area (Å²) in [6.45, 7) is 0.672. The van der Waals surface area contributed by atoms with E-state index in [-0.39, 0.29) is 0 Å². The van der Waals surface area contributed by atoms with Crippen molar-refractivity contribution in [1.29, 1.82) is 5.26 Å². The molecule has 19 heavy (non-hydrogen) atoms. The minimum atomic E-state index is -0.394. The number of hydrogen-bond donors (Lipinski definition) is 1. The average Bonchev–Trinajstić information content (AvgIpc) is 2.93. The van der Waals surface area contributed by atoms with E-state index in [0.29, 0.717) is 12.3 Å². The molecule has 5 heteroatoms. The third-order valence-electron chi connectivity index (χ3n) is 2.69. The third-order valence-corrected chi connectivity index (χ3v) is 4.06. The van der Waals surface area contributed by atoms with Gasteiger partial charge in [0, 0.05) is 21.5 Å². The molecule has 0 fully saturated rings. The van der Waals surface area contributed by atoms with E-state index in [0.717, 1.165) is 10.0 Å². The van der Waals surface area contributed by atoms with Crippen molar-refractivity contribution >= 4 is 27.3 Å². The number of thiophene rings is 1. The molecule has 1 aromatic heterocycles. The van der Waals surface area contributed by atoms with Crippen LogP contribution in [-0.2, 0) is 6.54 Å². The number of benzene rings is 1. The predicted molar refractivity (Wildman–Crippen MR) is 80.2 cm³/mol. The largest absolute Gasteiger partial charge is 0.496 e. The second-order valence-corrected chi connectivity index (χ2v) is 5.86. The maximum absolute atomic E-state index is 9.34. The van der Waals surface area contributed by atoms with Gasteiger partial charge in [-0.05, 0) is 29.6 Å². The molecule has 2 rings (SSSR count). The number of rotatable bonds is 5. The average molecular weight is 337 g/mol. The summed E-state index contributed by atoms with van der Waals surface area (Å²) >= 11 is 5.09. The zero-order valence-corrected chi connectivity index (χ0v) is 12.8. The Hall–Kier alpha value is -1.35. The van der Waals surface area contributed by atoms with Gasteiger partial charge < -0.3 is 4.74 Å². The Labute approximate surface area is 125 Å². The Bertz CT molecular complexity index is 578. The highest BCUT2D eigenvalue weighted by molar-refractivity contribution is 9.10. The molecule has 3 nitrogen and oxygen atoms in total. The molecule has 1 atom stereocenters. The predicted octanol–water partition coefficient (Wildman–Crippen LogP) is 3.87. The molecule has 98 valence electrons. The van der Waals surface area contributed by atoms with Crippen molar-refractivity contribution in [2.45, 2.75) is 12.6 Å². The van der Waals surface area contributed by atoms with Gasteiger partial charge in [-0.3, -0.25) is 5.32 Å². The molecule has 1 aromatic carbocycles. The number of methoxy groups -OCH3 is 1. The molecular formula is C14H13BrN2OS. The summed E-state index contributed by atoms with van der Waals surface area (Å²) in [6.07, 6.45) is 0. The minimum absolute atomic E-state index is 0.394. The topological polar surface area (TPSA) is 45.0 Å². The van der Waals surface area contributed by atoms with Crippen LogP contribution in [0.1, 0.15) is 16.5 Å². The fourth-order valence-corrected chi connectivity index (χ4v) is 2.81. The monoisotopic (exact) mass is 336 g/mol. The molecule has 0 aliphatic rings. The fourth-order valence-electron chi connectivity index (χ4n) is 1.77. The molecule has 0 radical (unpaired) electrons. The summed E-state index contributed by atoms with van der Waals surface area (Å²) in [6, 6.07) is 11.6. The second kappa shape index (κ2) is 6.71. The van der Waals surface area contributed by atoms with Gasteiger partial charge in [0.05, 0.1) is 13.2 Å². The van der Waals surface area contributed by atoms with E-state index in [1.807, 2.05) is 35.7 Å². The van der Waals surface area contributed by atoms with E-state index in [1.165, 1.54) is 4.88 Å². The summed E-state index contributed by atoms with van der Waals surface area (Å²) in [5.41, 5.74) is 0.843. The van der Waals surface area contributed by atoms with E-state index in [2.05, 4.69) is 27.3 Å². The van der Waals surface area contributed by atoms with Gasteiger partial charge in [-0.15, -0.1) is 11.3 Å². The normalized spacial score (nSPS) is 11.8. The van der Waals surface area contributed by atoms with Gasteiger partial charge in [0.15, 0.2) is 0 Å². The van der Waals surface area contributed by atoms with Crippen molar-refractivity contribution in [2.24, 2.45) is 0 Å². The Balaban J connectivity index is 2.17. The number of nitrogens with zero attached hydrogens (tertiary/aromatic N) is 1. The first kappa shape index (κ1) is 14.1. The first-order valence-electron chi connectivity index (χ1n) is 5.73.